The fraction of sp³-hybridized carbons (Fsp3) is 0.300. The Balaban J connectivity index is 1.68. The Morgan fingerprint density at radius 1 is 0.964 bits per heavy atom. The summed E-state index contributed by atoms with van der Waals surface area (Å²) < 4.78 is 29.8. The van der Waals surface area contributed by atoms with E-state index in [1.807, 2.05) is 30.3 Å². The molecule has 0 spiro atoms. The predicted octanol–water partition coefficient (Wildman–Crippen LogP) is 4.15. The van der Waals surface area contributed by atoms with Crippen LogP contribution in [0.1, 0.15) is 5.56 Å². The van der Waals surface area contributed by atoms with Crippen LogP contribution in [0.4, 0.5) is 0 Å². The van der Waals surface area contributed by atoms with E-state index in [1.165, 1.54) is 3.97 Å². The van der Waals surface area contributed by atoms with Crippen LogP contribution >= 0.6 is 31.9 Å². The lowest BCUT2D eigenvalue weighted by molar-refractivity contribution is 0.148. The average Bonchev–Trinajstić information content (AvgIpc) is 3.09. The van der Waals surface area contributed by atoms with Gasteiger partial charge in [-0.1, -0.05) is 31.9 Å². The van der Waals surface area contributed by atoms with Gasteiger partial charge in [-0.25, -0.2) is 12.4 Å². The number of hydrogen-bond acceptors (Lipinski definition) is 4. The van der Waals surface area contributed by atoms with E-state index in [-0.39, 0.29) is 0 Å². The molecule has 2 aromatic carbocycles. The first-order valence-electron chi connectivity index (χ1n) is 9.06. The Labute approximate surface area is 182 Å². The molecule has 1 saturated heterocycles. The van der Waals surface area contributed by atoms with Gasteiger partial charge in [-0.3, -0.25) is 4.90 Å². The maximum atomic E-state index is 13.3. The largest absolute Gasteiger partial charge is 0.304 e. The lowest BCUT2D eigenvalue weighted by Crippen LogP contribution is -2.43. The Bertz CT molecular complexity index is 1120. The smallest absolute Gasteiger partial charge is 0.268 e. The summed E-state index contributed by atoms with van der Waals surface area (Å²) in [5, 5.41) is 0.882. The number of benzene rings is 2. The first-order valence-corrected chi connectivity index (χ1v) is 12.1. The standard InChI is InChI=1S/C20H21Br2N3O2S/c1-23-8-10-24(11-9-23)14-16-13-18(3-4-19(16)22)28(26,27)25-7-6-15-12-17(21)2-5-20(15)25/h2-7,12-13H,8-11,14H2,1H3. The van der Waals surface area contributed by atoms with Gasteiger partial charge < -0.3 is 4.90 Å². The summed E-state index contributed by atoms with van der Waals surface area (Å²) in [5.41, 5.74) is 1.66. The van der Waals surface area contributed by atoms with Crippen LogP contribution in [0.3, 0.4) is 0 Å². The number of halogens is 2. The van der Waals surface area contributed by atoms with Gasteiger partial charge in [0.1, 0.15) is 0 Å². The highest BCUT2D eigenvalue weighted by Crippen LogP contribution is 2.28. The highest BCUT2D eigenvalue weighted by Gasteiger charge is 2.21. The molecule has 3 aromatic rings. The molecule has 0 aliphatic carbocycles. The summed E-state index contributed by atoms with van der Waals surface area (Å²) in [6.45, 7) is 4.76. The van der Waals surface area contributed by atoms with E-state index in [4.69, 9.17) is 0 Å². The third kappa shape index (κ3) is 3.93. The molecule has 5 nitrogen and oxygen atoms in total. The van der Waals surface area contributed by atoms with Gasteiger partial charge in [-0.2, -0.15) is 0 Å². The van der Waals surface area contributed by atoms with E-state index in [0.717, 1.165) is 52.6 Å². The number of rotatable bonds is 4. The zero-order chi connectivity index (χ0) is 19.9. The molecule has 0 radical (unpaired) electrons. The number of fused-ring (bicyclic) bond motifs is 1. The Kier molecular flexibility index (Phi) is 5.68. The SMILES string of the molecule is CN1CCN(Cc2cc(S(=O)(=O)n3ccc4cc(Br)ccc43)ccc2Br)CC1. The molecule has 2 heterocycles. The quantitative estimate of drug-likeness (QED) is 0.512. The van der Waals surface area contributed by atoms with Gasteiger partial charge in [0.15, 0.2) is 0 Å². The molecule has 1 aromatic heterocycles. The summed E-state index contributed by atoms with van der Waals surface area (Å²) in [5.74, 6) is 0. The van der Waals surface area contributed by atoms with Crippen LogP contribution in [0.25, 0.3) is 10.9 Å². The van der Waals surface area contributed by atoms with E-state index in [2.05, 4.69) is 48.7 Å². The topological polar surface area (TPSA) is 45.6 Å². The second-order valence-corrected chi connectivity index (χ2v) is 10.7. The fourth-order valence-corrected chi connectivity index (χ4v) is 5.65. The van der Waals surface area contributed by atoms with E-state index < -0.39 is 10.0 Å². The molecule has 0 amide bonds. The number of likely N-dealkylation sites (N-methyl/N-ethyl adjacent to an activating group) is 1. The summed E-state index contributed by atoms with van der Waals surface area (Å²) in [4.78, 5) is 4.97. The molecule has 4 rings (SSSR count). The van der Waals surface area contributed by atoms with Gasteiger partial charge >= 0.3 is 0 Å². The van der Waals surface area contributed by atoms with Crippen LogP contribution in [-0.2, 0) is 16.6 Å². The maximum Gasteiger partial charge on any atom is 0.268 e. The summed E-state index contributed by atoms with van der Waals surface area (Å²) in [6, 6.07) is 12.7. The second-order valence-electron chi connectivity index (χ2n) is 7.15. The first-order chi connectivity index (χ1) is 13.3. The average molecular weight is 527 g/mol. The van der Waals surface area contributed by atoms with Crippen LogP contribution in [0.5, 0.6) is 0 Å². The van der Waals surface area contributed by atoms with E-state index >= 15 is 0 Å². The molecular weight excluding hydrogens is 506 g/mol. The number of aromatic nitrogens is 1. The van der Waals surface area contributed by atoms with Gasteiger partial charge in [0.2, 0.25) is 0 Å². The van der Waals surface area contributed by atoms with Crippen molar-refractivity contribution in [1.29, 1.82) is 0 Å². The van der Waals surface area contributed by atoms with Gasteiger partial charge in [0.25, 0.3) is 10.0 Å². The molecule has 1 aliphatic heterocycles. The molecule has 0 unspecified atom stereocenters. The first kappa shape index (κ1) is 20.1. The van der Waals surface area contributed by atoms with Gasteiger partial charge in [0, 0.05) is 53.3 Å². The van der Waals surface area contributed by atoms with Crippen molar-refractivity contribution in [3.8, 4) is 0 Å². The molecule has 1 fully saturated rings. The summed E-state index contributed by atoms with van der Waals surface area (Å²) in [6.07, 6.45) is 1.62. The number of hydrogen-bond donors (Lipinski definition) is 0. The summed E-state index contributed by atoms with van der Waals surface area (Å²) in [7, 11) is -1.54. The monoisotopic (exact) mass is 525 g/mol. The van der Waals surface area contributed by atoms with Crippen LogP contribution in [0.15, 0.2) is 62.5 Å². The molecule has 0 atom stereocenters. The van der Waals surface area contributed by atoms with Crippen molar-refractivity contribution in [2.24, 2.45) is 0 Å². The molecule has 0 saturated carbocycles. The second kappa shape index (κ2) is 7.91. The van der Waals surface area contributed by atoms with Crippen LogP contribution < -0.4 is 0 Å². The zero-order valence-electron chi connectivity index (χ0n) is 15.5. The van der Waals surface area contributed by atoms with Crippen LogP contribution in [0, 0.1) is 0 Å². The van der Waals surface area contributed by atoms with Crippen molar-refractivity contribution < 1.29 is 8.42 Å². The van der Waals surface area contributed by atoms with E-state index in [0.29, 0.717) is 10.4 Å². The fourth-order valence-electron chi connectivity index (χ4n) is 3.49. The van der Waals surface area contributed by atoms with Crippen molar-refractivity contribution in [2.45, 2.75) is 11.4 Å². The minimum absolute atomic E-state index is 0.306. The van der Waals surface area contributed by atoms with Gasteiger partial charge in [-0.05, 0) is 55.1 Å². The zero-order valence-corrected chi connectivity index (χ0v) is 19.5. The van der Waals surface area contributed by atoms with Gasteiger partial charge in [-0.15, -0.1) is 0 Å². The lowest BCUT2D eigenvalue weighted by Gasteiger charge is -2.32. The van der Waals surface area contributed by atoms with Crippen molar-refractivity contribution in [3.05, 3.63) is 63.2 Å². The molecule has 0 N–H and O–H groups in total. The predicted molar refractivity (Wildman–Crippen MR) is 119 cm³/mol. The molecule has 148 valence electrons. The lowest BCUT2D eigenvalue weighted by atomic mass is 10.2. The normalized spacial score (nSPS) is 16.7. The highest BCUT2D eigenvalue weighted by atomic mass is 79.9. The minimum atomic E-state index is -3.67. The Morgan fingerprint density at radius 3 is 2.46 bits per heavy atom. The molecule has 28 heavy (non-hydrogen) atoms. The minimum Gasteiger partial charge on any atom is -0.304 e. The van der Waals surface area contributed by atoms with Crippen molar-refractivity contribution in [3.63, 3.8) is 0 Å². The Hall–Kier alpha value is -1.19. The maximum absolute atomic E-state index is 13.3. The van der Waals surface area contributed by atoms with Crippen molar-refractivity contribution >= 4 is 52.8 Å². The Morgan fingerprint density at radius 2 is 1.71 bits per heavy atom. The van der Waals surface area contributed by atoms with E-state index in [1.54, 1.807) is 18.3 Å². The molecular formula is C20H21Br2N3O2S. The van der Waals surface area contributed by atoms with Crippen molar-refractivity contribution in [1.82, 2.24) is 13.8 Å². The number of nitrogens with zero attached hydrogens (tertiary/aromatic N) is 3. The van der Waals surface area contributed by atoms with Gasteiger partial charge in [0.05, 0.1) is 10.4 Å². The molecule has 0 bridgehead atoms. The molecule has 1 aliphatic rings. The summed E-state index contributed by atoms with van der Waals surface area (Å²) >= 11 is 7.02. The third-order valence-electron chi connectivity index (χ3n) is 5.18. The number of piperazine rings is 1. The van der Waals surface area contributed by atoms with Crippen molar-refractivity contribution in [2.75, 3.05) is 33.2 Å². The third-order valence-corrected chi connectivity index (χ3v) is 8.13. The molecule has 8 heteroatoms. The van der Waals surface area contributed by atoms with Crippen LogP contribution in [0.2, 0.25) is 0 Å². The van der Waals surface area contributed by atoms with E-state index in [9.17, 15) is 8.42 Å². The highest BCUT2D eigenvalue weighted by molar-refractivity contribution is 9.10. The van der Waals surface area contributed by atoms with Crippen LogP contribution in [-0.4, -0.2) is 55.4 Å².